The third-order valence-electron chi connectivity index (χ3n) is 5.50. The molecule has 0 aliphatic heterocycles. The minimum absolute atomic E-state index is 0.118. The van der Waals surface area contributed by atoms with Crippen LogP contribution >= 0.6 is 12.2 Å². The lowest BCUT2D eigenvalue weighted by Gasteiger charge is -2.04. The molecule has 0 bridgehead atoms. The van der Waals surface area contributed by atoms with Gasteiger partial charge in [-0.05, 0) is 49.5 Å². The molecule has 0 aliphatic rings. The van der Waals surface area contributed by atoms with Crippen LogP contribution in [0.15, 0.2) is 84.1 Å². The molecule has 5 rings (SSSR count). The van der Waals surface area contributed by atoms with Gasteiger partial charge in [0, 0.05) is 45.7 Å². The van der Waals surface area contributed by atoms with Gasteiger partial charge in [0.05, 0.1) is 11.9 Å². The van der Waals surface area contributed by atoms with Crippen molar-refractivity contribution < 1.29 is 0 Å². The van der Waals surface area contributed by atoms with E-state index in [1.807, 2.05) is 41.2 Å². The lowest BCUT2D eigenvalue weighted by atomic mass is 10.0. The van der Waals surface area contributed by atoms with Crippen LogP contribution in [0.1, 0.15) is 12.5 Å². The summed E-state index contributed by atoms with van der Waals surface area (Å²) in [5, 5.41) is 11.6. The Hall–Kier alpha value is -3.97. The third-order valence-corrected chi connectivity index (χ3v) is 5.59. The van der Waals surface area contributed by atoms with Crippen molar-refractivity contribution in [3.05, 3.63) is 84.6 Å². The molecule has 0 fully saturated rings. The van der Waals surface area contributed by atoms with Gasteiger partial charge in [0.2, 0.25) is 0 Å². The third kappa shape index (κ3) is 3.52. The van der Waals surface area contributed by atoms with E-state index in [2.05, 4.69) is 64.5 Å². The van der Waals surface area contributed by atoms with E-state index in [0.29, 0.717) is 0 Å². The first kappa shape index (κ1) is 20.0. The van der Waals surface area contributed by atoms with Gasteiger partial charge < -0.3 is 10.3 Å². The van der Waals surface area contributed by atoms with Gasteiger partial charge in [-0.15, -0.1) is 0 Å². The molecule has 0 amide bonds. The van der Waals surface area contributed by atoms with E-state index >= 15 is 0 Å². The molecule has 3 aromatic carbocycles. The Morgan fingerprint density at radius 3 is 2.56 bits per heavy atom. The van der Waals surface area contributed by atoms with Crippen LogP contribution in [0.3, 0.4) is 0 Å². The topological polar surface area (TPSA) is 73.2 Å². The number of nitrogens with one attached hydrogen (secondary N) is 1. The molecule has 0 atom stereocenters. The monoisotopic (exact) mass is 438 g/mol. The fourth-order valence-electron chi connectivity index (χ4n) is 4.13. The maximum absolute atomic E-state index is 5.52. The summed E-state index contributed by atoms with van der Waals surface area (Å²) >= 11 is 4.86. The van der Waals surface area contributed by atoms with Crippen molar-refractivity contribution in [3.8, 4) is 16.9 Å². The summed E-state index contributed by atoms with van der Waals surface area (Å²) in [4.78, 5) is 0. The summed E-state index contributed by atoms with van der Waals surface area (Å²) in [6.45, 7) is 3.08. The number of aromatic nitrogens is 3. The molecule has 0 unspecified atom stereocenters. The quantitative estimate of drug-likeness (QED) is 0.234. The first-order valence-corrected chi connectivity index (χ1v) is 10.8. The predicted molar refractivity (Wildman–Crippen MR) is 135 cm³/mol. The lowest BCUT2D eigenvalue weighted by molar-refractivity contribution is 0.827. The van der Waals surface area contributed by atoms with Crippen LogP contribution in [0, 0.1) is 0 Å². The van der Waals surface area contributed by atoms with E-state index in [1.165, 1.54) is 21.8 Å². The normalized spacial score (nSPS) is 11.5. The Labute approximate surface area is 191 Å². The number of fused-ring (bicyclic) bond motifs is 3. The summed E-state index contributed by atoms with van der Waals surface area (Å²) in [6.07, 6.45) is 3.65. The largest absolute Gasteiger partial charge is 0.375 e. The fraction of sp³-hybridized carbons (Fsp3) is 0.0800. The van der Waals surface area contributed by atoms with Crippen molar-refractivity contribution >= 4 is 45.4 Å². The molecule has 0 saturated carbocycles. The number of benzene rings is 3. The number of thiocarbonyl (C=S) groups is 1. The second-order valence-electron chi connectivity index (χ2n) is 7.44. The van der Waals surface area contributed by atoms with E-state index < -0.39 is 0 Å². The van der Waals surface area contributed by atoms with E-state index in [0.717, 1.165) is 29.1 Å². The zero-order valence-electron chi connectivity index (χ0n) is 17.6. The maximum Gasteiger partial charge on any atom is 0.184 e. The Balaban J connectivity index is 1.69. The van der Waals surface area contributed by atoms with Crippen LogP contribution in [0.2, 0.25) is 0 Å². The summed E-state index contributed by atoms with van der Waals surface area (Å²) in [5.41, 5.74) is 14.3. The highest BCUT2D eigenvalue weighted by molar-refractivity contribution is 7.80. The summed E-state index contributed by atoms with van der Waals surface area (Å²) in [5.74, 6) is 0. The Bertz CT molecular complexity index is 1460. The summed E-state index contributed by atoms with van der Waals surface area (Å²) in [7, 11) is 0. The molecule has 0 aliphatic carbocycles. The van der Waals surface area contributed by atoms with E-state index in [9.17, 15) is 0 Å². The number of rotatable bonds is 5. The van der Waals surface area contributed by atoms with Gasteiger partial charge in [-0.2, -0.15) is 10.2 Å². The van der Waals surface area contributed by atoms with Crippen molar-refractivity contribution in [1.82, 2.24) is 19.8 Å². The molecule has 32 heavy (non-hydrogen) atoms. The highest BCUT2D eigenvalue weighted by atomic mass is 32.1. The van der Waals surface area contributed by atoms with Gasteiger partial charge in [0.25, 0.3) is 0 Å². The zero-order valence-corrected chi connectivity index (χ0v) is 18.4. The first-order chi connectivity index (χ1) is 15.7. The number of hydrogen-bond donors (Lipinski definition) is 2. The molecular formula is C25H22N6S. The smallest absolute Gasteiger partial charge is 0.184 e. The number of hydrogen-bond acceptors (Lipinski definition) is 3. The maximum atomic E-state index is 5.52. The van der Waals surface area contributed by atoms with Crippen LogP contribution in [0.25, 0.3) is 38.8 Å². The number of para-hydroxylation sites is 2. The standard InChI is InChI=1S/C25H22N6S/c1-2-30-22-11-7-6-10-20(22)21-14-17(12-13-23(21)30)24-18(15-27-28-25(26)32)16-31(29-24)19-8-4-3-5-9-19/h3-16H,2H2,1H3,(H3,26,28,32)/b27-15+. The molecule has 2 heterocycles. The van der Waals surface area contributed by atoms with Gasteiger partial charge in [0.1, 0.15) is 5.69 Å². The van der Waals surface area contributed by atoms with Crippen molar-refractivity contribution in [2.75, 3.05) is 0 Å². The van der Waals surface area contributed by atoms with Crippen LogP contribution in [-0.4, -0.2) is 25.7 Å². The average Bonchev–Trinajstić information content (AvgIpc) is 3.38. The second-order valence-corrected chi connectivity index (χ2v) is 7.88. The van der Waals surface area contributed by atoms with Crippen molar-refractivity contribution in [1.29, 1.82) is 0 Å². The Kier molecular flexibility index (Phi) is 5.17. The SMILES string of the molecule is CCn1c2ccccc2c2cc(-c3nn(-c4ccccc4)cc3/C=N/NC(N)=S)ccc21. The predicted octanol–water partition coefficient (Wildman–Crippen LogP) is 4.83. The summed E-state index contributed by atoms with van der Waals surface area (Å²) < 4.78 is 4.20. The molecule has 158 valence electrons. The van der Waals surface area contributed by atoms with E-state index in [-0.39, 0.29) is 5.11 Å². The number of aryl methyl sites for hydroxylation is 1. The molecule has 0 radical (unpaired) electrons. The fourth-order valence-corrected chi connectivity index (χ4v) is 4.18. The minimum atomic E-state index is 0.118. The highest BCUT2D eigenvalue weighted by Crippen LogP contribution is 2.33. The minimum Gasteiger partial charge on any atom is -0.375 e. The van der Waals surface area contributed by atoms with Gasteiger partial charge in [-0.3, -0.25) is 5.43 Å². The number of nitrogens with zero attached hydrogens (tertiary/aromatic N) is 4. The average molecular weight is 439 g/mol. The van der Waals surface area contributed by atoms with Gasteiger partial charge in [0.15, 0.2) is 5.11 Å². The van der Waals surface area contributed by atoms with Crippen LogP contribution in [0.5, 0.6) is 0 Å². The molecule has 6 nitrogen and oxygen atoms in total. The lowest BCUT2D eigenvalue weighted by Crippen LogP contribution is -2.24. The molecular weight excluding hydrogens is 416 g/mol. The Morgan fingerprint density at radius 2 is 1.78 bits per heavy atom. The molecule has 7 heteroatoms. The van der Waals surface area contributed by atoms with E-state index in [1.54, 1.807) is 6.21 Å². The van der Waals surface area contributed by atoms with Crippen molar-refractivity contribution in [2.24, 2.45) is 10.8 Å². The highest BCUT2D eigenvalue weighted by Gasteiger charge is 2.15. The second kappa shape index (κ2) is 8.28. The van der Waals surface area contributed by atoms with Crippen molar-refractivity contribution in [2.45, 2.75) is 13.5 Å². The molecule has 2 aromatic heterocycles. The van der Waals surface area contributed by atoms with Gasteiger partial charge in [-0.1, -0.05) is 42.5 Å². The van der Waals surface area contributed by atoms with Crippen molar-refractivity contribution in [3.63, 3.8) is 0 Å². The van der Waals surface area contributed by atoms with E-state index in [4.69, 9.17) is 23.1 Å². The molecule has 5 aromatic rings. The molecule has 0 spiro atoms. The first-order valence-electron chi connectivity index (χ1n) is 10.4. The number of hydrazone groups is 1. The van der Waals surface area contributed by atoms with Gasteiger partial charge >= 0.3 is 0 Å². The Morgan fingerprint density at radius 1 is 1.03 bits per heavy atom. The van der Waals surface area contributed by atoms with Crippen LogP contribution in [0.4, 0.5) is 0 Å². The number of nitrogens with two attached hydrogens (primary N) is 1. The van der Waals surface area contributed by atoms with Crippen LogP contribution < -0.4 is 11.2 Å². The van der Waals surface area contributed by atoms with Crippen LogP contribution in [-0.2, 0) is 6.54 Å². The van der Waals surface area contributed by atoms with Gasteiger partial charge in [-0.25, -0.2) is 4.68 Å². The molecule has 0 saturated heterocycles. The summed E-state index contributed by atoms with van der Waals surface area (Å²) in [6, 6.07) is 25.0. The molecule has 3 N–H and O–H groups in total. The zero-order chi connectivity index (χ0) is 22.1.